The molecule has 1 N–H and O–H groups in total. The van der Waals surface area contributed by atoms with Gasteiger partial charge < -0.3 is 5.32 Å². The molecule has 1 aliphatic rings. The fourth-order valence-electron chi connectivity index (χ4n) is 0.682. The number of carbonyl (C=O) groups excluding carboxylic acids is 2. The van der Waals surface area contributed by atoms with E-state index in [1.54, 1.807) is 0 Å². The van der Waals surface area contributed by atoms with Crippen molar-refractivity contribution in [2.24, 2.45) is 0 Å². The van der Waals surface area contributed by atoms with Crippen molar-refractivity contribution in [3.63, 3.8) is 0 Å². The number of imide groups is 1. The fraction of sp³-hybridized carbons (Fsp3) is 0.400. The van der Waals surface area contributed by atoms with Gasteiger partial charge in [-0.2, -0.15) is 0 Å². The van der Waals surface area contributed by atoms with Crippen molar-refractivity contribution in [3.05, 3.63) is 6.92 Å². The molecule has 1 saturated heterocycles. The Kier molecular flexibility index (Phi) is 1.38. The first-order valence-electron chi connectivity index (χ1n) is 2.63. The second-order valence-corrected chi connectivity index (χ2v) is 1.70. The van der Waals surface area contributed by atoms with Gasteiger partial charge in [-0.15, -0.1) is 0 Å². The molecular weight excluding hydrogens is 120 g/mol. The SMILES string of the molecule is [CH2]CN1C(=O)CNC1=O. The largest absolute Gasteiger partial charge is 0.329 e. The van der Waals surface area contributed by atoms with Crippen LogP contribution in [0.25, 0.3) is 0 Å². The van der Waals surface area contributed by atoms with Gasteiger partial charge in [0.25, 0.3) is 0 Å². The Morgan fingerprint density at radius 2 is 2.33 bits per heavy atom. The van der Waals surface area contributed by atoms with Gasteiger partial charge in [0.1, 0.15) is 0 Å². The zero-order valence-corrected chi connectivity index (χ0v) is 4.89. The molecule has 1 radical (unpaired) electrons. The van der Waals surface area contributed by atoms with Crippen LogP contribution in [0.1, 0.15) is 0 Å². The van der Waals surface area contributed by atoms with Crippen molar-refractivity contribution in [1.82, 2.24) is 10.2 Å². The fourth-order valence-corrected chi connectivity index (χ4v) is 0.682. The molecule has 0 atom stereocenters. The molecule has 0 aromatic rings. The summed E-state index contributed by atoms with van der Waals surface area (Å²) in [7, 11) is 0. The summed E-state index contributed by atoms with van der Waals surface area (Å²) >= 11 is 0. The molecule has 4 nitrogen and oxygen atoms in total. The minimum absolute atomic E-state index is 0.119. The highest BCUT2D eigenvalue weighted by atomic mass is 16.2. The van der Waals surface area contributed by atoms with Gasteiger partial charge in [-0.05, 0) is 6.92 Å². The molecule has 9 heavy (non-hydrogen) atoms. The highest BCUT2D eigenvalue weighted by Crippen LogP contribution is 1.95. The van der Waals surface area contributed by atoms with Crippen LogP contribution in [0.2, 0.25) is 0 Å². The van der Waals surface area contributed by atoms with Crippen molar-refractivity contribution in [1.29, 1.82) is 0 Å². The van der Waals surface area contributed by atoms with E-state index in [2.05, 4.69) is 12.2 Å². The van der Waals surface area contributed by atoms with Crippen LogP contribution in [0.5, 0.6) is 0 Å². The van der Waals surface area contributed by atoms with Gasteiger partial charge in [0.15, 0.2) is 0 Å². The number of nitrogens with one attached hydrogen (secondary N) is 1. The minimum atomic E-state index is -0.338. The predicted octanol–water partition coefficient (Wildman–Crippen LogP) is -0.628. The molecule has 0 unspecified atom stereocenters. The number of amides is 3. The van der Waals surface area contributed by atoms with Crippen LogP contribution in [-0.4, -0.2) is 29.9 Å². The van der Waals surface area contributed by atoms with Crippen LogP contribution >= 0.6 is 0 Å². The average molecular weight is 127 g/mol. The third-order valence-corrected chi connectivity index (χ3v) is 1.16. The Morgan fingerprint density at radius 1 is 1.67 bits per heavy atom. The number of hydrogen-bond donors (Lipinski definition) is 1. The van der Waals surface area contributed by atoms with E-state index in [9.17, 15) is 9.59 Å². The summed E-state index contributed by atoms with van der Waals surface area (Å²) in [5, 5.41) is 2.37. The lowest BCUT2D eigenvalue weighted by Crippen LogP contribution is -2.30. The van der Waals surface area contributed by atoms with Gasteiger partial charge >= 0.3 is 6.03 Å². The molecule has 49 valence electrons. The number of nitrogens with zero attached hydrogens (tertiary/aromatic N) is 1. The van der Waals surface area contributed by atoms with Gasteiger partial charge in [-0.25, -0.2) is 4.79 Å². The third kappa shape index (κ3) is 0.872. The molecule has 0 aromatic carbocycles. The lowest BCUT2D eigenvalue weighted by Gasteiger charge is -2.05. The van der Waals surface area contributed by atoms with Crippen molar-refractivity contribution in [2.45, 2.75) is 0 Å². The number of rotatable bonds is 1. The Balaban J connectivity index is 2.66. The van der Waals surface area contributed by atoms with E-state index >= 15 is 0 Å². The smallest absolute Gasteiger partial charge is 0.324 e. The third-order valence-electron chi connectivity index (χ3n) is 1.16. The summed E-state index contributed by atoms with van der Waals surface area (Å²) in [6, 6.07) is -0.338. The number of hydrogen-bond acceptors (Lipinski definition) is 2. The van der Waals surface area contributed by atoms with Crippen LogP contribution in [0.3, 0.4) is 0 Å². The zero-order chi connectivity index (χ0) is 6.85. The Labute approximate surface area is 52.8 Å². The van der Waals surface area contributed by atoms with E-state index in [-0.39, 0.29) is 25.0 Å². The summed E-state index contributed by atoms with van der Waals surface area (Å²) in [5.41, 5.74) is 0. The highest BCUT2D eigenvalue weighted by Gasteiger charge is 2.25. The summed E-state index contributed by atoms with van der Waals surface area (Å²) in [5.74, 6) is -0.199. The molecule has 1 heterocycles. The number of urea groups is 1. The lowest BCUT2D eigenvalue weighted by atomic mass is 10.5. The molecule has 3 amide bonds. The van der Waals surface area contributed by atoms with Crippen LogP contribution in [0.15, 0.2) is 0 Å². The summed E-state index contributed by atoms with van der Waals surface area (Å²) in [4.78, 5) is 22.3. The lowest BCUT2D eigenvalue weighted by molar-refractivity contribution is -0.124. The summed E-state index contributed by atoms with van der Waals surface area (Å²) in [6.07, 6.45) is 0. The quantitative estimate of drug-likeness (QED) is 0.477. The Hall–Kier alpha value is -1.06. The van der Waals surface area contributed by atoms with Crippen LogP contribution in [-0.2, 0) is 4.79 Å². The van der Waals surface area contributed by atoms with Gasteiger partial charge in [0.05, 0.1) is 6.54 Å². The molecule has 0 aromatic heterocycles. The number of carbonyl (C=O) groups is 2. The maximum Gasteiger partial charge on any atom is 0.324 e. The topological polar surface area (TPSA) is 49.4 Å². The maximum atomic E-state index is 10.6. The van der Waals surface area contributed by atoms with E-state index in [0.29, 0.717) is 0 Å². The standard InChI is InChI=1S/C5H7N2O2/c1-2-7-4(8)3-6-5(7)9/h1-3H2,(H,6,9). The maximum absolute atomic E-state index is 10.6. The molecule has 0 aliphatic carbocycles. The second-order valence-electron chi connectivity index (χ2n) is 1.70. The van der Waals surface area contributed by atoms with Crippen molar-refractivity contribution in [3.8, 4) is 0 Å². The zero-order valence-electron chi connectivity index (χ0n) is 4.89. The monoisotopic (exact) mass is 127 g/mol. The summed E-state index contributed by atoms with van der Waals surface area (Å²) < 4.78 is 0. The molecule has 0 bridgehead atoms. The predicted molar refractivity (Wildman–Crippen MR) is 30.5 cm³/mol. The van der Waals surface area contributed by atoms with Crippen LogP contribution in [0, 0.1) is 6.92 Å². The van der Waals surface area contributed by atoms with Gasteiger partial charge in [-0.3, -0.25) is 9.69 Å². The molecule has 0 saturated carbocycles. The van der Waals surface area contributed by atoms with E-state index in [1.165, 1.54) is 0 Å². The molecule has 1 aliphatic heterocycles. The Morgan fingerprint density at radius 3 is 2.56 bits per heavy atom. The highest BCUT2D eigenvalue weighted by molar-refractivity contribution is 6.01. The van der Waals surface area contributed by atoms with Crippen molar-refractivity contribution in [2.75, 3.05) is 13.1 Å². The molecular formula is C5H7N2O2. The molecule has 1 rings (SSSR count). The van der Waals surface area contributed by atoms with Gasteiger partial charge in [0.2, 0.25) is 5.91 Å². The van der Waals surface area contributed by atoms with Crippen LogP contribution < -0.4 is 5.32 Å². The molecule has 0 spiro atoms. The summed E-state index contributed by atoms with van der Waals surface area (Å²) in [6.45, 7) is 3.75. The first kappa shape index (κ1) is 6.07. The molecule has 4 heteroatoms. The van der Waals surface area contributed by atoms with E-state index in [4.69, 9.17) is 0 Å². The van der Waals surface area contributed by atoms with Crippen molar-refractivity contribution < 1.29 is 9.59 Å². The van der Waals surface area contributed by atoms with E-state index in [0.717, 1.165) is 4.90 Å². The van der Waals surface area contributed by atoms with Crippen LogP contribution in [0.4, 0.5) is 4.79 Å². The molecule has 1 fully saturated rings. The van der Waals surface area contributed by atoms with Gasteiger partial charge in [0, 0.05) is 6.54 Å². The van der Waals surface area contributed by atoms with Crippen molar-refractivity contribution >= 4 is 11.9 Å². The first-order chi connectivity index (χ1) is 4.25. The second kappa shape index (κ2) is 2.05. The first-order valence-corrected chi connectivity index (χ1v) is 2.63. The van der Waals surface area contributed by atoms with E-state index in [1.807, 2.05) is 0 Å². The normalized spacial score (nSPS) is 18.6. The minimum Gasteiger partial charge on any atom is -0.329 e. The average Bonchev–Trinajstić information content (AvgIpc) is 2.12. The van der Waals surface area contributed by atoms with Gasteiger partial charge in [-0.1, -0.05) is 0 Å². The Bertz CT molecular complexity index is 139. The van der Waals surface area contributed by atoms with E-state index < -0.39 is 0 Å².